The Morgan fingerprint density at radius 1 is 0.711 bits per heavy atom. The summed E-state index contributed by atoms with van der Waals surface area (Å²) in [5, 5.41) is 29.5. The number of esters is 5. The number of amides is 2. The van der Waals surface area contributed by atoms with Crippen LogP contribution in [0.5, 0.6) is 0 Å². The summed E-state index contributed by atoms with van der Waals surface area (Å²) in [6.45, 7) is 6.97. The van der Waals surface area contributed by atoms with Gasteiger partial charge in [-0.15, -0.1) is 0 Å². The molecule has 25 nitrogen and oxygen atoms in total. The second-order valence-corrected chi connectivity index (χ2v) is 19.6. The van der Waals surface area contributed by atoms with Crippen molar-refractivity contribution in [3.8, 4) is 11.5 Å². The van der Waals surface area contributed by atoms with Crippen LogP contribution in [0.25, 0.3) is 22.6 Å². The van der Waals surface area contributed by atoms with E-state index >= 15 is 0 Å². The lowest BCUT2D eigenvalue weighted by atomic mass is 9.95. The monoisotopic (exact) mass is 1060 g/mol. The van der Waals surface area contributed by atoms with Gasteiger partial charge in [0.15, 0.2) is 47.6 Å². The van der Waals surface area contributed by atoms with Crippen LogP contribution in [0.3, 0.4) is 0 Å². The van der Waals surface area contributed by atoms with Crippen molar-refractivity contribution in [1.29, 1.82) is 0 Å². The van der Waals surface area contributed by atoms with Gasteiger partial charge in [-0.25, -0.2) is 9.78 Å². The fourth-order valence-corrected chi connectivity index (χ4v) is 8.34. The van der Waals surface area contributed by atoms with E-state index in [2.05, 4.69) is 40.3 Å². The fourth-order valence-electron chi connectivity index (χ4n) is 8.34. The van der Waals surface area contributed by atoms with Crippen LogP contribution in [0.2, 0.25) is 0 Å². The van der Waals surface area contributed by atoms with Gasteiger partial charge in [0.05, 0.1) is 36.0 Å². The molecule has 0 spiro atoms. The summed E-state index contributed by atoms with van der Waals surface area (Å²) in [6, 6.07) is 5.61. The highest BCUT2D eigenvalue weighted by molar-refractivity contribution is 6.01. The zero-order valence-corrected chi connectivity index (χ0v) is 42.8. The number of nitrogens with one attached hydrogen (secondary N) is 4. The summed E-state index contributed by atoms with van der Waals surface area (Å²) in [4.78, 5) is 143. The minimum Gasteiger partial charge on any atom is -0.481 e. The highest BCUT2D eigenvalue weighted by Gasteiger charge is 2.33. The van der Waals surface area contributed by atoms with Crippen LogP contribution in [-0.4, -0.2) is 144 Å². The molecule has 4 atom stereocenters. The molecule has 1 saturated carbocycles. The molecule has 2 aromatic heterocycles. The van der Waals surface area contributed by atoms with Gasteiger partial charge in [-0.1, -0.05) is 25.3 Å². The number of nitrogens with zero attached hydrogens (tertiary/aromatic N) is 2. The van der Waals surface area contributed by atoms with E-state index in [4.69, 9.17) is 24.4 Å². The molecule has 76 heavy (non-hydrogen) atoms. The number of imidazole rings is 1. The number of ketones is 3. The van der Waals surface area contributed by atoms with E-state index in [1.807, 2.05) is 13.0 Å². The van der Waals surface area contributed by atoms with Crippen molar-refractivity contribution in [2.45, 2.75) is 179 Å². The minimum atomic E-state index is -1.05. The van der Waals surface area contributed by atoms with Gasteiger partial charge in [-0.05, 0) is 58.2 Å². The van der Waals surface area contributed by atoms with E-state index in [1.165, 1.54) is 6.42 Å². The number of carboxylic acid groups (broad SMARTS) is 2. The van der Waals surface area contributed by atoms with Gasteiger partial charge in [-0.3, -0.25) is 57.8 Å². The number of aromatic amines is 2. The molecule has 25 heteroatoms. The maximum atomic E-state index is 13.1. The summed E-state index contributed by atoms with van der Waals surface area (Å²) >= 11 is 0. The van der Waals surface area contributed by atoms with Gasteiger partial charge < -0.3 is 49.5 Å². The maximum Gasteiger partial charge on any atom is 0.345 e. The molecular formula is C51H64N6O19. The summed E-state index contributed by atoms with van der Waals surface area (Å²) in [5.74, 6) is -4.85. The zero-order valence-electron chi connectivity index (χ0n) is 42.8. The van der Waals surface area contributed by atoms with Gasteiger partial charge in [0, 0.05) is 82.4 Å². The van der Waals surface area contributed by atoms with E-state index in [-0.39, 0.29) is 106 Å². The number of aryl methyl sites for hydroxylation is 1. The van der Waals surface area contributed by atoms with Crippen molar-refractivity contribution in [2.75, 3.05) is 6.54 Å². The van der Waals surface area contributed by atoms with Crippen LogP contribution in [0, 0.1) is 6.92 Å². The van der Waals surface area contributed by atoms with E-state index in [0.717, 1.165) is 31.2 Å². The predicted octanol–water partition coefficient (Wildman–Crippen LogP) is 3.54. The Kier molecular flexibility index (Phi) is 21.4. The lowest BCUT2D eigenvalue weighted by molar-refractivity contribution is -0.156. The number of fused-ring (bicyclic) bond motifs is 1. The standard InChI is InChI=1S/C26H30N6O5.C12H18O5.C8H10O5.C5H6O4/c1-14-22(26(36)28-16-5-3-2-4-6-16)23(32-31-14)24-29-18-8-7-15(12-19(18)30-24)11-17(33)13-27-25(35)20-9-10-21(34)37-20;1-12(2,3)17-11(15)6-4-8(13)9-5-7-10(14)16-9;9-5(1-3-7(10)11)6-2-4-8(12)13-6;6-4-2-1-3(9-4)5(7)8/h7-8,12,16,20H,2-6,9-11,13H2,1H3,(H,27,35)(H,28,36)(H,29,30)(H,31,32);9H,4-7H2,1-3H3;6H,1-4H2,(H,10,11);3H,1-2H2,(H,7,8)/t20-;9-;6-;3-/m0000/s1. The molecule has 412 valence electrons. The zero-order chi connectivity index (χ0) is 55.7. The number of aliphatic carboxylic acids is 2. The fraction of sp³-hybridized carbons (Fsp3) is 0.569. The maximum absolute atomic E-state index is 13.1. The molecule has 1 aliphatic carbocycles. The lowest BCUT2D eigenvalue weighted by Gasteiger charge is -2.22. The first-order valence-electron chi connectivity index (χ1n) is 25.1. The Hall–Kier alpha value is -7.86. The van der Waals surface area contributed by atoms with Crippen molar-refractivity contribution >= 4 is 82.0 Å². The number of H-pyrrole nitrogens is 2. The average molecular weight is 1070 g/mol. The third kappa shape index (κ3) is 18.8. The topological polar surface area (TPSA) is 373 Å². The molecule has 4 aliphatic heterocycles. The average Bonchev–Trinajstić information content (AvgIpc) is 4.24. The molecule has 0 unspecified atom stereocenters. The van der Waals surface area contributed by atoms with Crippen LogP contribution in [0.1, 0.15) is 152 Å². The molecule has 6 heterocycles. The first-order chi connectivity index (χ1) is 35.9. The van der Waals surface area contributed by atoms with Crippen LogP contribution in [0.15, 0.2) is 18.2 Å². The minimum absolute atomic E-state index is 0.0319. The number of carbonyl (C=O) groups is 12. The predicted molar refractivity (Wildman–Crippen MR) is 261 cm³/mol. The van der Waals surface area contributed by atoms with Crippen LogP contribution in [0.4, 0.5) is 0 Å². The Morgan fingerprint density at radius 2 is 1.25 bits per heavy atom. The van der Waals surface area contributed by atoms with E-state index in [1.54, 1.807) is 32.9 Å². The van der Waals surface area contributed by atoms with Crippen molar-refractivity contribution in [3.63, 3.8) is 0 Å². The molecule has 0 bridgehead atoms. The summed E-state index contributed by atoms with van der Waals surface area (Å²) < 4.78 is 23.9. The number of ether oxygens (including phenoxy) is 5. The number of benzene rings is 1. The van der Waals surface area contributed by atoms with E-state index < -0.39 is 65.8 Å². The SMILES string of the molecule is CC(C)(C)OC(=O)CCC(=O)[C@@H]1CCC(=O)O1.Cc1[nH]nc(-c2nc3ccc(CC(=O)CNC(=O)[C@@H]4CCC(=O)O4)cc3[nH]2)c1C(=O)NC1CCCCC1.O=C(O)CCC(=O)[C@@H]1CCC(=O)O1.O=C1CC[C@@H](C(=O)O)O1. The number of hydrogen-bond donors (Lipinski definition) is 6. The Morgan fingerprint density at radius 3 is 1.75 bits per heavy atom. The first-order valence-corrected chi connectivity index (χ1v) is 25.1. The normalized spacial score (nSPS) is 19.9. The number of rotatable bonds is 17. The quantitative estimate of drug-likeness (QED) is 0.0831. The van der Waals surface area contributed by atoms with Crippen molar-refractivity contribution < 1.29 is 91.4 Å². The van der Waals surface area contributed by atoms with E-state index in [9.17, 15) is 57.5 Å². The van der Waals surface area contributed by atoms with Gasteiger partial charge >= 0.3 is 41.8 Å². The molecule has 2 amide bonds. The van der Waals surface area contributed by atoms with Gasteiger partial charge in [0.25, 0.3) is 11.8 Å². The van der Waals surface area contributed by atoms with Crippen molar-refractivity contribution in [2.24, 2.45) is 0 Å². The van der Waals surface area contributed by atoms with Gasteiger partial charge in [0.2, 0.25) is 0 Å². The molecular weight excluding hydrogens is 1000 g/mol. The Bertz CT molecular complexity index is 2680. The number of carboxylic acids is 2. The van der Waals surface area contributed by atoms with Gasteiger partial charge in [0.1, 0.15) is 11.3 Å². The highest BCUT2D eigenvalue weighted by atomic mass is 16.6. The number of Topliss-reactive ketones (excluding diaryl/α,β-unsaturated/α-hetero) is 3. The smallest absolute Gasteiger partial charge is 0.345 e. The summed E-state index contributed by atoms with van der Waals surface area (Å²) in [5.41, 5.74) is 3.20. The number of carbonyl (C=O) groups excluding carboxylic acids is 10. The third-order valence-corrected chi connectivity index (χ3v) is 12.2. The second kappa shape index (κ2) is 27.6. The first kappa shape index (κ1) is 59.0. The lowest BCUT2D eigenvalue weighted by Crippen LogP contribution is -2.38. The molecule has 5 aliphatic rings. The second-order valence-electron chi connectivity index (χ2n) is 19.6. The Balaban J connectivity index is 0.000000224. The molecule has 4 saturated heterocycles. The molecule has 0 radical (unpaired) electrons. The number of aromatic nitrogens is 4. The summed E-state index contributed by atoms with van der Waals surface area (Å²) in [7, 11) is 0. The van der Waals surface area contributed by atoms with Crippen molar-refractivity contribution in [1.82, 2.24) is 30.8 Å². The van der Waals surface area contributed by atoms with E-state index in [0.29, 0.717) is 59.5 Å². The molecule has 3 aromatic rings. The van der Waals surface area contributed by atoms with Crippen LogP contribution >= 0.6 is 0 Å². The number of hydrogen-bond acceptors (Lipinski definition) is 19. The highest BCUT2D eigenvalue weighted by Crippen LogP contribution is 2.27. The van der Waals surface area contributed by atoms with Crippen LogP contribution in [-0.2, 0) is 82.8 Å². The molecule has 8 rings (SSSR count). The molecule has 6 N–H and O–H groups in total. The van der Waals surface area contributed by atoms with Crippen LogP contribution < -0.4 is 10.6 Å². The van der Waals surface area contributed by atoms with Crippen molar-refractivity contribution in [3.05, 3.63) is 35.0 Å². The number of cyclic esters (lactones) is 4. The van der Waals surface area contributed by atoms with Gasteiger partial charge in [-0.2, -0.15) is 5.10 Å². The molecule has 5 fully saturated rings. The Labute approximate surface area is 435 Å². The molecule has 1 aromatic carbocycles. The summed E-state index contributed by atoms with van der Waals surface area (Å²) in [6.07, 6.45) is 4.74. The third-order valence-electron chi connectivity index (χ3n) is 12.2. The largest absolute Gasteiger partial charge is 0.481 e.